The van der Waals surface area contributed by atoms with Crippen molar-refractivity contribution in [2.75, 3.05) is 13.2 Å². The molecule has 1 saturated heterocycles. The van der Waals surface area contributed by atoms with E-state index in [0.717, 1.165) is 77.0 Å². The Hall–Kier alpha value is -2.89. The van der Waals surface area contributed by atoms with Gasteiger partial charge in [0.05, 0.1) is 25.4 Å². The van der Waals surface area contributed by atoms with Crippen molar-refractivity contribution < 1.29 is 39.8 Å². The molecular formula is C75H133NO8. The number of allylic oxidation sites excluding steroid dienone is 15. The van der Waals surface area contributed by atoms with Crippen molar-refractivity contribution in [3.63, 3.8) is 0 Å². The first-order valence-electron chi connectivity index (χ1n) is 35.5. The van der Waals surface area contributed by atoms with Gasteiger partial charge in [-0.05, 0) is 89.9 Å². The van der Waals surface area contributed by atoms with Crippen LogP contribution in [0.15, 0.2) is 97.2 Å². The number of hydrogen-bond acceptors (Lipinski definition) is 8. The van der Waals surface area contributed by atoms with Gasteiger partial charge < -0.3 is 40.3 Å². The Kier molecular flexibility index (Phi) is 59.5. The average Bonchev–Trinajstić information content (AvgIpc) is 3.70. The molecule has 0 aromatic heterocycles. The highest BCUT2D eigenvalue weighted by Gasteiger charge is 2.44. The van der Waals surface area contributed by atoms with Crippen LogP contribution >= 0.6 is 0 Å². The Labute approximate surface area is 517 Å². The van der Waals surface area contributed by atoms with Crippen LogP contribution in [0.4, 0.5) is 0 Å². The largest absolute Gasteiger partial charge is 0.394 e. The third-order valence-electron chi connectivity index (χ3n) is 16.4. The van der Waals surface area contributed by atoms with E-state index in [1.807, 2.05) is 6.08 Å². The molecule has 1 aliphatic rings. The summed E-state index contributed by atoms with van der Waals surface area (Å²) in [4.78, 5) is 13.1. The fraction of sp³-hybridized carbons (Fsp3) is 0.773. The van der Waals surface area contributed by atoms with Crippen molar-refractivity contribution in [3.05, 3.63) is 97.2 Å². The van der Waals surface area contributed by atoms with E-state index < -0.39 is 49.5 Å². The molecule has 1 heterocycles. The van der Waals surface area contributed by atoms with Crippen LogP contribution in [-0.2, 0) is 14.3 Å². The zero-order valence-electron chi connectivity index (χ0n) is 54.4. The maximum atomic E-state index is 13.1. The Balaban J connectivity index is 2.14. The number of carbonyl (C=O) groups is 1. The minimum atomic E-state index is -1.58. The summed E-state index contributed by atoms with van der Waals surface area (Å²) >= 11 is 0. The van der Waals surface area contributed by atoms with Gasteiger partial charge in [-0.15, -0.1) is 0 Å². The second-order valence-electron chi connectivity index (χ2n) is 24.3. The first-order valence-corrected chi connectivity index (χ1v) is 35.5. The third kappa shape index (κ3) is 51.2. The second kappa shape index (κ2) is 63.1. The summed E-state index contributed by atoms with van der Waals surface area (Å²) in [5, 5.41) is 54.7. The van der Waals surface area contributed by atoms with Gasteiger partial charge in [0, 0.05) is 6.42 Å². The predicted octanol–water partition coefficient (Wildman–Crippen LogP) is 19.5. The number of aliphatic hydroxyl groups is 5. The van der Waals surface area contributed by atoms with Crippen LogP contribution in [0.25, 0.3) is 0 Å². The summed E-state index contributed by atoms with van der Waals surface area (Å²) < 4.78 is 11.3. The van der Waals surface area contributed by atoms with Crippen LogP contribution in [0.3, 0.4) is 0 Å². The summed E-state index contributed by atoms with van der Waals surface area (Å²) in [6, 6.07) is -0.833. The lowest BCUT2D eigenvalue weighted by Gasteiger charge is -2.40. The molecule has 0 aromatic rings. The SMILES string of the molecule is CC/C=C\C/C=C\C/C=C\C/C=C\C/C=C\CCCCCCCCCCCCCCCCCCCCCC(=O)NC(COC1OC(CO)C(O)C(O)C1O)C(O)/C=C/CC/C=C/CC/C=C/CCCCCCCCCCCCCCCCCC. The highest BCUT2D eigenvalue weighted by molar-refractivity contribution is 5.76. The molecule has 0 saturated carbocycles. The van der Waals surface area contributed by atoms with Crippen molar-refractivity contribution in [2.24, 2.45) is 0 Å². The van der Waals surface area contributed by atoms with Gasteiger partial charge in [0.15, 0.2) is 6.29 Å². The van der Waals surface area contributed by atoms with E-state index in [1.165, 1.54) is 218 Å². The quantitative estimate of drug-likeness (QED) is 0.0261. The van der Waals surface area contributed by atoms with Crippen LogP contribution in [0.5, 0.6) is 0 Å². The Bertz CT molecular complexity index is 1650. The third-order valence-corrected chi connectivity index (χ3v) is 16.4. The summed E-state index contributed by atoms with van der Waals surface area (Å²) in [6.07, 6.45) is 85.2. The first-order chi connectivity index (χ1) is 41.3. The van der Waals surface area contributed by atoms with Gasteiger partial charge in [0.2, 0.25) is 5.91 Å². The molecule has 486 valence electrons. The van der Waals surface area contributed by atoms with Crippen LogP contribution in [0.2, 0.25) is 0 Å². The standard InChI is InChI=1S/C75H133NO8/c1-3-5-7-9-11-13-15-17-19-21-23-25-27-29-31-32-33-34-35-36-37-38-39-41-43-45-47-49-51-53-55-57-59-61-63-65-71(79)76-68(67-83-75-74(82)73(81)72(80)70(66-77)84-75)69(78)64-62-60-58-56-54-52-50-48-46-44-42-40-30-28-26-24-22-20-18-16-14-12-10-8-6-4-2/h5,7,11,13,17,19,23,25,29,31,46,48,54,56,62,64,68-70,72-75,77-78,80-82H,3-4,6,8-10,12,14-16,18,20-22,24,26-28,30,32-45,47,49-53,55,57-61,63,65-67H2,1-2H3,(H,76,79)/b7-5-,13-11-,19-17-,25-23-,31-29-,48-46+,56-54+,64-62+. The molecule has 0 spiro atoms. The number of ether oxygens (including phenoxy) is 2. The van der Waals surface area contributed by atoms with Crippen LogP contribution in [-0.4, -0.2) is 87.5 Å². The summed E-state index contributed by atoms with van der Waals surface area (Å²) in [5.74, 6) is -0.189. The molecule has 84 heavy (non-hydrogen) atoms. The molecule has 0 radical (unpaired) electrons. The van der Waals surface area contributed by atoms with Crippen molar-refractivity contribution in [1.29, 1.82) is 0 Å². The minimum absolute atomic E-state index is 0.189. The summed E-state index contributed by atoms with van der Waals surface area (Å²) in [6.45, 7) is 3.68. The highest BCUT2D eigenvalue weighted by Crippen LogP contribution is 2.23. The Morgan fingerprint density at radius 3 is 1.14 bits per heavy atom. The number of hydrogen-bond donors (Lipinski definition) is 6. The van der Waals surface area contributed by atoms with E-state index in [0.29, 0.717) is 6.42 Å². The molecule has 0 aliphatic carbocycles. The van der Waals surface area contributed by atoms with Gasteiger partial charge in [0.1, 0.15) is 24.4 Å². The van der Waals surface area contributed by atoms with E-state index in [2.05, 4.69) is 104 Å². The molecule has 6 N–H and O–H groups in total. The first kappa shape index (κ1) is 79.1. The molecule has 7 atom stereocenters. The maximum Gasteiger partial charge on any atom is 0.220 e. The van der Waals surface area contributed by atoms with E-state index in [-0.39, 0.29) is 12.5 Å². The molecule has 1 rings (SSSR count). The molecule has 1 amide bonds. The van der Waals surface area contributed by atoms with E-state index >= 15 is 0 Å². The fourth-order valence-electron chi connectivity index (χ4n) is 10.9. The molecule has 9 nitrogen and oxygen atoms in total. The fourth-order valence-corrected chi connectivity index (χ4v) is 10.9. The molecule has 7 unspecified atom stereocenters. The lowest BCUT2D eigenvalue weighted by Crippen LogP contribution is -2.60. The predicted molar refractivity (Wildman–Crippen MR) is 359 cm³/mol. The lowest BCUT2D eigenvalue weighted by molar-refractivity contribution is -0.302. The molecule has 0 aromatic carbocycles. The molecule has 1 fully saturated rings. The number of rotatable bonds is 61. The van der Waals surface area contributed by atoms with Gasteiger partial charge in [0.25, 0.3) is 0 Å². The zero-order chi connectivity index (χ0) is 60.7. The molecule has 0 bridgehead atoms. The van der Waals surface area contributed by atoms with Gasteiger partial charge in [-0.3, -0.25) is 4.79 Å². The minimum Gasteiger partial charge on any atom is -0.394 e. The molecule has 9 heteroatoms. The van der Waals surface area contributed by atoms with Gasteiger partial charge >= 0.3 is 0 Å². The number of aliphatic hydroxyl groups excluding tert-OH is 5. The number of amides is 1. The van der Waals surface area contributed by atoms with E-state index in [4.69, 9.17) is 9.47 Å². The summed E-state index contributed by atoms with van der Waals surface area (Å²) in [5.41, 5.74) is 0. The van der Waals surface area contributed by atoms with E-state index in [9.17, 15) is 30.3 Å². The molecular weight excluding hydrogens is 1040 g/mol. The number of nitrogens with one attached hydrogen (secondary N) is 1. The number of unbranched alkanes of at least 4 members (excludes halogenated alkanes) is 37. The van der Waals surface area contributed by atoms with Crippen molar-refractivity contribution >= 4 is 5.91 Å². The zero-order valence-corrected chi connectivity index (χ0v) is 54.4. The monoisotopic (exact) mass is 1180 g/mol. The Morgan fingerprint density at radius 2 is 0.750 bits per heavy atom. The van der Waals surface area contributed by atoms with E-state index in [1.54, 1.807) is 6.08 Å². The smallest absolute Gasteiger partial charge is 0.220 e. The van der Waals surface area contributed by atoms with Gasteiger partial charge in [-0.25, -0.2) is 0 Å². The normalized spacial score (nSPS) is 18.8. The van der Waals surface area contributed by atoms with Crippen molar-refractivity contribution in [3.8, 4) is 0 Å². The van der Waals surface area contributed by atoms with Crippen LogP contribution < -0.4 is 5.32 Å². The second-order valence-corrected chi connectivity index (χ2v) is 24.3. The van der Waals surface area contributed by atoms with Crippen molar-refractivity contribution in [1.82, 2.24) is 5.32 Å². The number of carbonyl (C=O) groups excluding carboxylic acids is 1. The highest BCUT2D eigenvalue weighted by atomic mass is 16.7. The summed E-state index contributed by atoms with van der Waals surface area (Å²) in [7, 11) is 0. The Morgan fingerprint density at radius 1 is 0.417 bits per heavy atom. The lowest BCUT2D eigenvalue weighted by atomic mass is 9.99. The average molecular weight is 1180 g/mol. The van der Waals surface area contributed by atoms with Gasteiger partial charge in [-0.1, -0.05) is 317 Å². The van der Waals surface area contributed by atoms with Gasteiger partial charge in [-0.2, -0.15) is 0 Å². The molecule has 1 aliphatic heterocycles. The topological polar surface area (TPSA) is 149 Å². The van der Waals surface area contributed by atoms with Crippen LogP contribution in [0, 0.1) is 0 Å². The van der Waals surface area contributed by atoms with Crippen molar-refractivity contribution in [2.45, 2.75) is 358 Å². The van der Waals surface area contributed by atoms with Crippen LogP contribution in [0.1, 0.15) is 316 Å². The maximum absolute atomic E-state index is 13.1.